The second kappa shape index (κ2) is 5.86. The van der Waals surface area contributed by atoms with Crippen LogP contribution >= 0.6 is 0 Å². The molecule has 0 radical (unpaired) electrons. The summed E-state index contributed by atoms with van der Waals surface area (Å²) in [6, 6.07) is 8.51. The van der Waals surface area contributed by atoms with Crippen molar-refractivity contribution >= 4 is 9.84 Å². The number of rotatable bonds is 4. The van der Waals surface area contributed by atoms with Gasteiger partial charge in [0.25, 0.3) is 0 Å². The molecule has 1 aromatic carbocycles. The number of nitrogens with one attached hydrogen (secondary N) is 1. The summed E-state index contributed by atoms with van der Waals surface area (Å²) in [5, 5.41) is 3.43. The molecule has 0 spiro atoms. The van der Waals surface area contributed by atoms with Crippen LogP contribution in [0.4, 0.5) is 0 Å². The van der Waals surface area contributed by atoms with Gasteiger partial charge in [0.1, 0.15) is 9.84 Å². The van der Waals surface area contributed by atoms with E-state index in [0.29, 0.717) is 5.92 Å². The highest BCUT2D eigenvalue weighted by Gasteiger charge is 2.26. The van der Waals surface area contributed by atoms with Crippen LogP contribution in [0.1, 0.15) is 43.7 Å². The quantitative estimate of drug-likeness (QED) is 0.928. The molecule has 1 aliphatic heterocycles. The summed E-state index contributed by atoms with van der Waals surface area (Å²) in [5.74, 6) is 0.778. The summed E-state index contributed by atoms with van der Waals surface area (Å²) < 4.78 is 23.1. The van der Waals surface area contributed by atoms with Crippen LogP contribution in [0.3, 0.4) is 0 Å². The number of piperidine rings is 1. The average molecular weight is 295 g/mol. The van der Waals surface area contributed by atoms with Crippen LogP contribution in [0.25, 0.3) is 0 Å². The molecule has 1 atom stereocenters. The van der Waals surface area contributed by atoms with E-state index in [1.54, 1.807) is 0 Å². The second-order valence-electron chi connectivity index (χ2n) is 6.62. The Bertz CT molecular complexity index is 540. The molecule has 4 heteroatoms. The van der Waals surface area contributed by atoms with Crippen molar-refractivity contribution in [2.75, 3.05) is 25.1 Å². The minimum Gasteiger partial charge on any atom is -0.316 e. The van der Waals surface area contributed by atoms with E-state index in [4.69, 9.17) is 0 Å². The standard InChI is InChI=1S/C16H25NO2S/c1-16(2,12-20(3,18)19)15-8-6-13(7-9-15)14-5-4-10-17-11-14/h6-9,14,17H,4-5,10-12H2,1-3H3. The fourth-order valence-electron chi connectivity index (χ4n) is 3.08. The molecule has 0 aliphatic carbocycles. The van der Waals surface area contributed by atoms with Gasteiger partial charge in [-0.3, -0.25) is 0 Å². The number of sulfone groups is 1. The van der Waals surface area contributed by atoms with Gasteiger partial charge in [0, 0.05) is 18.2 Å². The monoisotopic (exact) mass is 295 g/mol. The Balaban J connectivity index is 2.14. The van der Waals surface area contributed by atoms with E-state index < -0.39 is 9.84 Å². The lowest BCUT2D eigenvalue weighted by Crippen LogP contribution is -2.29. The second-order valence-corrected chi connectivity index (χ2v) is 8.76. The summed E-state index contributed by atoms with van der Waals surface area (Å²) in [4.78, 5) is 0. The van der Waals surface area contributed by atoms with Crippen molar-refractivity contribution in [3.8, 4) is 0 Å². The molecule has 3 nitrogen and oxygen atoms in total. The van der Waals surface area contributed by atoms with Crippen molar-refractivity contribution in [2.45, 2.75) is 38.0 Å². The molecule has 1 heterocycles. The van der Waals surface area contributed by atoms with Crippen LogP contribution in [-0.4, -0.2) is 33.5 Å². The maximum atomic E-state index is 11.5. The van der Waals surface area contributed by atoms with Crippen molar-refractivity contribution < 1.29 is 8.42 Å². The van der Waals surface area contributed by atoms with E-state index in [0.717, 1.165) is 18.7 Å². The van der Waals surface area contributed by atoms with Gasteiger partial charge in [0.15, 0.2) is 0 Å². The Morgan fingerprint density at radius 1 is 1.25 bits per heavy atom. The van der Waals surface area contributed by atoms with Gasteiger partial charge in [-0.1, -0.05) is 38.1 Å². The molecule has 0 saturated carbocycles. The maximum Gasteiger partial charge on any atom is 0.148 e. The van der Waals surface area contributed by atoms with Gasteiger partial charge < -0.3 is 5.32 Å². The Labute approximate surface area is 122 Å². The van der Waals surface area contributed by atoms with Gasteiger partial charge in [-0.25, -0.2) is 8.42 Å². The Hall–Kier alpha value is -0.870. The van der Waals surface area contributed by atoms with E-state index in [2.05, 4.69) is 29.6 Å². The highest BCUT2D eigenvalue weighted by molar-refractivity contribution is 7.90. The Morgan fingerprint density at radius 2 is 1.90 bits per heavy atom. The third kappa shape index (κ3) is 4.06. The molecular formula is C16H25NO2S. The largest absolute Gasteiger partial charge is 0.316 e. The summed E-state index contributed by atoms with van der Waals surface area (Å²) in [6.45, 7) is 6.15. The minimum atomic E-state index is -2.97. The van der Waals surface area contributed by atoms with Gasteiger partial charge in [0.2, 0.25) is 0 Å². The Morgan fingerprint density at radius 3 is 2.40 bits per heavy atom. The van der Waals surface area contributed by atoms with E-state index in [-0.39, 0.29) is 11.2 Å². The SMILES string of the molecule is CC(C)(CS(C)(=O)=O)c1ccc(C2CCCNC2)cc1. The molecule has 112 valence electrons. The van der Waals surface area contributed by atoms with Crippen LogP contribution in [0, 0.1) is 0 Å². The molecule has 1 aromatic rings. The average Bonchev–Trinajstić information content (AvgIpc) is 2.37. The lowest BCUT2D eigenvalue weighted by atomic mass is 9.84. The molecular weight excluding hydrogens is 270 g/mol. The highest BCUT2D eigenvalue weighted by Crippen LogP contribution is 2.28. The molecule has 2 rings (SSSR count). The summed E-state index contributed by atoms with van der Waals surface area (Å²) in [7, 11) is -2.97. The van der Waals surface area contributed by atoms with Crippen molar-refractivity contribution in [3.05, 3.63) is 35.4 Å². The number of hydrogen-bond donors (Lipinski definition) is 1. The normalized spacial score (nSPS) is 20.9. The summed E-state index contributed by atoms with van der Waals surface area (Å²) >= 11 is 0. The predicted octanol–water partition coefficient (Wildman–Crippen LogP) is 2.48. The van der Waals surface area contributed by atoms with Crippen LogP contribution in [0.5, 0.6) is 0 Å². The Kier molecular flexibility index (Phi) is 4.55. The molecule has 1 aliphatic rings. The van der Waals surface area contributed by atoms with Crippen molar-refractivity contribution in [2.24, 2.45) is 0 Å². The zero-order valence-electron chi connectivity index (χ0n) is 12.6. The first kappa shape index (κ1) is 15.5. The minimum absolute atomic E-state index is 0.185. The topological polar surface area (TPSA) is 46.2 Å². The highest BCUT2D eigenvalue weighted by atomic mass is 32.2. The van der Waals surface area contributed by atoms with Crippen LogP contribution in [0.15, 0.2) is 24.3 Å². The number of hydrogen-bond acceptors (Lipinski definition) is 3. The zero-order chi connectivity index (χ0) is 14.8. The van der Waals surface area contributed by atoms with E-state index >= 15 is 0 Å². The van der Waals surface area contributed by atoms with Gasteiger partial charge in [-0.05, 0) is 36.4 Å². The molecule has 1 unspecified atom stereocenters. The van der Waals surface area contributed by atoms with Crippen molar-refractivity contribution in [1.29, 1.82) is 0 Å². The maximum absolute atomic E-state index is 11.5. The fourth-order valence-corrected chi connectivity index (χ4v) is 4.56. The number of benzene rings is 1. The van der Waals surface area contributed by atoms with Gasteiger partial charge >= 0.3 is 0 Å². The van der Waals surface area contributed by atoms with Crippen LogP contribution in [0.2, 0.25) is 0 Å². The van der Waals surface area contributed by atoms with Crippen LogP contribution < -0.4 is 5.32 Å². The summed E-state index contributed by atoms with van der Waals surface area (Å²) in [6.07, 6.45) is 3.77. The van der Waals surface area contributed by atoms with Gasteiger partial charge in [-0.15, -0.1) is 0 Å². The summed E-state index contributed by atoms with van der Waals surface area (Å²) in [5.41, 5.74) is 2.11. The lowest BCUT2D eigenvalue weighted by Gasteiger charge is -2.26. The third-order valence-electron chi connectivity index (χ3n) is 4.08. The van der Waals surface area contributed by atoms with Crippen molar-refractivity contribution in [3.63, 3.8) is 0 Å². The van der Waals surface area contributed by atoms with E-state index in [1.807, 2.05) is 13.8 Å². The zero-order valence-corrected chi connectivity index (χ0v) is 13.5. The molecule has 1 fully saturated rings. The lowest BCUT2D eigenvalue weighted by molar-refractivity contribution is 0.461. The smallest absolute Gasteiger partial charge is 0.148 e. The molecule has 0 amide bonds. The fraction of sp³-hybridized carbons (Fsp3) is 0.625. The van der Waals surface area contributed by atoms with Crippen molar-refractivity contribution in [1.82, 2.24) is 5.32 Å². The molecule has 1 N–H and O–H groups in total. The molecule has 0 aromatic heterocycles. The van der Waals surface area contributed by atoms with Gasteiger partial charge in [-0.2, -0.15) is 0 Å². The van der Waals surface area contributed by atoms with Gasteiger partial charge in [0.05, 0.1) is 5.75 Å². The van der Waals surface area contributed by atoms with E-state index in [1.165, 1.54) is 24.7 Å². The first-order valence-electron chi connectivity index (χ1n) is 7.27. The van der Waals surface area contributed by atoms with Crippen LogP contribution in [-0.2, 0) is 15.3 Å². The molecule has 1 saturated heterocycles. The molecule has 20 heavy (non-hydrogen) atoms. The molecule has 0 bridgehead atoms. The third-order valence-corrected chi connectivity index (χ3v) is 5.33. The first-order valence-corrected chi connectivity index (χ1v) is 9.33. The first-order chi connectivity index (χ1) is 9.28. The predicted molar refractivity (Wildman–Crippen MR) is 84.0 cm³/mol. The van der Waals surface area contributed by atoms with E-state index in [9.17, 15) is 8.42 Å².